The molecule has 0 N–H and O–H groups in total. The van der Waals surface area contributed by atoms with E-state index < -0.39 is 0 Å². The maximum atomic E-state index is 5.18. The Bertz CT molecular complexity index is 451. The van der Waals surface area contributed by atoms with Crippen LogP contribution in [-0.2, 0) is 0 Å². The SMILES string of the molecule is Br.COc1ccc2ncc(C(C)C)n2c1. The minimum Gasteiger partial charge on any atom is -0.495 e. The molecule has 0 amide bonds. The normalized spacial score (nSPS) is 10.4. The van der Waals surface area contributed by atoms with Crippen molar-refractivity contribution < 1.29 is 4.74 Å². The maximum Gasteiger partial charge on any atom is 0.137 e. The van der Waals surface area contributed by atoms with Crippen molar-refractivity contribution in [3.63, 3.8) is 0 Å². The second kappa shape index (κ2) is 4.66. The van der Waals surface area contributed by atoms with Crippen LogP contribution in [0.25, 0.3) is 5.65 Å². The molecule has 0 unspecified atom stereocenters. The van der Waals surface area contributed by atoms with Gasteiger partial charge in [0.25, 0.3) is 0 Å². The predicted octanol–water partition coefficient (Wildman–Crippen LogP) is 3.04. The highest BCUT2D eigenvalue weighted by molar-refractivity contribution is 8.93. The standard InChI is InChI=1S/C11H14N2O.BrH/c1-8(2)10-6-12-11-5-4-9(14-3)7-13(10)11;/h4-8H,1-3H3;1H. The van der Waals surface area contributed by atoms with Gasteiger partial charge in [0.15, 0.2) is 0 Å². The van der Waals surface area contributed by atoms with Gasteiger partial charge in [0.2, 0.25) is 0 Å². The number of imidazole rings is 1. The maximum absolute atomic E-state index is 5.18. The van der Waals surface area contributed by atoms with Crippen LogP contribution in [0.1, 0.15) is 25.5 Å². The molecule has 2 rings (SSSR count). The van der Waals surface area contributed by atoms with Crippen molar-refractivity contribution in [1.29, 1.82) is 0 Å². The van der Waals surface area contributed by atoms with E-state index >= 15 is 0 Å². The fourth-order valence-corrected chi connectivity index (χ4v) is 1.53. The van der Waals surface area contributed by atoms with Gasteiger partial charge in [-0.3, -0.25) is 0 Å². The molecule has 0 saturated carbocycles. The Hall–Kier alpha value is -1.03. The Labute approximate surface area is 99.9 Å². The van der Waals surface area contributed by atoms with Crippen molar-refractivity contribution in [2.75, 3.05) is 7.11 Å². The van der Waals surface area contributed by atoms with Crippen molar-refractivity contribution in [2.24, 2.45) is 0 Å². The number of ether oxygens (including phenoxy) is 1. The molecule has 2 aromatic heterocycles. The summed E-state index contributed by atoms with van der Waals surface area (Å²) in [5, 5.41) is 0. The molecule has 0 bridgehead atoms. The summed E-state index contributed by atoms with van der Waals surface area (Å²) in [6.07, 6.45) is 3.89. The van der Waals surface area contributed by atoms with E-state index in [9.17, 15) is 0 Å². The second-order valence-electron chi connectivity index (χ2n) is 3.63. The lowest BCUT2D eigenvalue weighted by Crippen LogP contribution is -1.95. The van der Waals surface area contributed by atoms with Crippen LogP contribution in [-0.4, -0.2) is 16.5 Å². The van der Waals surface area contributed by atoms with E-state index in [1.165, 1.54) is 5.69 Å². The first-order valence-electron chi connectivity index (χ1n) is 4.73. The minimum absolute atomic E-state index is 0. The molecule has 3 nitrogen and oxygen atoms in total. The molecule has 0 aliphatic rings. The number of halogens is 1. The van der Waals surface area contributed by atoms with Crippen LogP contribution in [0.5, 0.6) is 5.75 Å². The van der Waals surface area contributed by atoms with E-state index in [0.29, 0.717) is 5.92 Å². The average molecular weight is 271 g/mol. The first-order valence-corrected chi connectivity index (χ1v) is 4.73. The Kier molecular flexibility index (Phi) is 3.74. The summed E-state index contributed by atoms with van der Waals surface area (Å²) < 4.78 is 7.25. The number of hydrogen-bond donors (Lipinski definition) is 0. The van der Waals surface area contributed by atoms with Crippen LogP contribution < -0.4 is 4.74 Å². The highest BCUT2D eigenvalue weighted by Gasteiger charge is 2.06. The summed E-state index contributed by atoms with van der Waals surface area (Å²) in [5.74, 6) is 1.33. The van der Waals surface area contributed by atoms with Crippen LogP contribution in [0, 0.1) is 0 Å². The number of rotatable bonds is 2. The van der Waals surface area contributed by atoms with Gasteiger partial charge in [0, 0.05) is 11.9 Å². The summed E-state index contributed by atoms with van der Waals surface area (Å²) in [6.45, 7) is 4.31. The molecule has 0 radical (unpaired) electrons. The average Bonchev–Trinajstić information content (AvgIpc) is 2.59. The molecule has 0 aromatic carbocycles. The summed E-state index contributed by atoms with van der Waals surface area (Å²) >= 11 is 0. The number of hydrogen-bond acceptors (Lipinski definition) is 2. The predicted molar refractivity (Wildman–Crippen MR) is 66.2 cm³/mol. The van der Waals surface area contributed by atoms with Crippen molar-refractivity contribution in [3.05, 3.63) is 30.2 Å². The van der Waals surface area contributed by atoms with Gasteiger partial charge < -0.3 is 9.14 Å². The number of aromatic nitrogens is 2. The number of methoxy groups -OCH3 is 1. The zero-order chi connectivity index (χ0) is 10.1. The number of nitrogens with zero attached hydrogens (tertiary/aromatic N) is 2. The Morgan fingerprint density at radius 2 is 2.07 bits per heavy atom. The van der Waals surface area contributed by atoms with Gasteiger partial charge in [-0.25, -0.2) is 4.98 Å². The summed E-state index contributed by atoms with van der Waals surface area (Å²) in [4.78, 5) is 4.32. The fourth-order valence-electron chi connectivity index (χ4n) is 1.53. The van der Waals surface area contributed by atoms with Crippen LogP contribution >= 0.6 is 17.0 Å². The third-order valence-corrected chi connectivity index (χ3v) is 2.33. The van der Waals surface area contributed by atoms with Gasteiger partial charge in [-0.1, -0.05) is 13.8 Å². The fraction of sp³-hybridized carbons (Fsp3) is 0.364. The molecule has 0 atom stereocenters. The molecule has 82 valence electrons. The lowest BCUT2D eigenvalue weighted by molar-refractivity contribution is 0.412. The van der Waals surface area contributed by atoms with Crippen LogP contribution in [0.15, 0.2) is 24.5 Å². The molecule has 0 aliphatic heterocycles. The number of pyridine rings is 1. The van der Waals surface area contributed by atoms with Crippen molar-refractivity contribution in [3.8, 4) is 5.75 Å². The van der Waals surface area contributed by atoms with Crippen molar-refractivity contribution in [1.82, 2.24) is 9.38 Å². The summed E-state index contributed by atoms with van der Waals surface area (Å²) in [6, 6.07) is 3.89. The van der Waals surface area contributed by atoms with E-state index in [2.05, 4.69) is 23.2 Å². The van der Waals surface area contributed by atoms with Gasteiger partial charge >= 0.3 is 0 Å². The minimum atomic E-state index is 0. The van der Waals surface area contributed by atoms with Gasteiger partial charge in [-0.15, -0.1) is 17.0 Å². The van der Waals surface area contributed by atoms with Crippen molar-refractivity contribution >= 4 is 22.6 Å². The van der Waals surface area contributed by atoms with Crippen molar-refractivity contribution in [2.45, 2.75) is 19.8 Å². The van der Waals surface area contributed by atoms with Crippen LogP contribution in [0.3, 0.4) is 0 Å². The monoisotopic (exact) mass is 270 g/mol. The highest BCUT2D eigenvalue weighted by atomic mass is 79.9. The molecule has 4 heteroatoms. The Morgan fingerprint density at radius 1 is 1.33 bits per heavy atom. The zero-order valence-electron chi connectivity index (χ0n) is 9.10. The van der Waals surface area contributed by atoms with E-state index in [0.717, 1.165) is 11.4 Å². The molecule has 15 heavy (non-hydrogen) atoms. The van der Waals surface area contributed by atoms with Gasteiger partial charge in [-0.05, 0) is 18.1 Å². The van der Waals surface area contributed by atoms with Gasteiger partial charge in [0.05, 0.1) is 13.3 Å². The summed E-state index contributed by atoms with van der Waals surface area (Å²) in [5.41, 5.74) is 2.17. The zero-order valence-corrected chi connectivity index (χ0v) is 10.8. The van der Waals surface area contributed by atoms with E-state index in [1.54, 1.807) is 7.11 Å². The van der Waals surface area contributed by atoms with Crippen LogP contribution in [0.4, 0.5) is 0 Å². The van der Waals surface area contributed by atoms with Gasteiger partial charge in [-0.2, -0.15) is 0 Å². The molecule has 2 heterocycles. The van der Waals surface area contributed by atoms with Crippen LogP contribution in [0.2, 0.25) is 0 Å². The molecule has 2 aromatic rings. The third kappa shape index (κ3) is 2.15. The summed E-state index contributed by atoms with van der Waals surface area (Å²) in [7, 11) is 1.67. The quantitative estimate of drug-likeness (QED) is 0.839. The van der Waals surface area contributed by atoms with E-state index in [-0.39, 0.29) is 17.0 Å². The number of fused-ring (bicyclic) bond motifs is 1. The molecule has 0 spiro atoms. The lowest BCUT2D eigenvalue weighted by Gasteiger charge is -2.06. The molecule has 0 saturated heterocycles. The molecule has 0 fully saturated rings. The Balaban J connectivity index is 0.00000112. The topological polar surface area (TPSA) is 26.5 Å². The molecular formula is C11H15BrN2O. The highest BCUT2D eigenvalue weighted by Crippen LogP contribution is 2.19. The third-order valence-electron chi connectivity index (χ3n) is 2.33. The first kappa shape index (κ1) is 12.0. The second-order valence-corrected chi connectivity index (χ2v) is 3.63. The first-order chi connectivity index (χ1) is 6.72. The van der Waals surface area contributed by atoms with E-state index in [4.69, 9.17) is 4.74 Å². The lowest BCUT2D eigenvalue weighted by atomic mass is 10.1. The van der Waals surface area contributed by atoms with Gasteiger partial charge in [0.1, 0.15) is 11.4 Å². The molecular weight excluding hydrogens is 256 g/mol. The Morgan fingerprint density at radius 3 is 2.67 bits per heavy atom. The smallest absolute Gasteiger partial charge is 0.137 e. The van der Waals surface area contributed by atoms with E-state index in [1.807, 2.05) is 24.5 Å². The largest absolute Gasteiger partial charge is 0.495 e. The molecule has 0 aliphatic carbocycles.